The van der Waals surface area contributed by atoms with E-state index in [0.29, 0.717) is 30.3 Å². The molecule has 1 aromatic carbocycles. The third kappa shape index (κ3) is 3.62. The van der Waals surface area contributed by atoms with Gasteiger partial charge < -0.3 is 20.3 Å². The van der Waals surface area contributed by atoms with Crippen molar-refractivity contribution in [2.24, 2.45) is 5.92 Å². The molecule has 0 aliphatic carbocycles. The second-order valence-corrected chi connectivity index (χ2v) is 7.23. The van der Waals surface area contributed by atoms with Crippen LogP contribution in [0.3, 0.4) is 0 Å². The number of hydrogen-bond acceptors (Lipinski definition) is 5. The molecular formula is C19H26N4O4. The lowest BCUT2D eigenvalue weighted by atomic mass is 9.92. The van der Waals surface area contributed by atoms with E-state index in [4.69, 9.17) is 4.74 Å². The molecule has 0 aromatic heterocycles. The van der Waals surface area contributed by atoms with Crippen LogP contribution in [0.25, 0.3) is 0 Å². The molecule has 2 aliphatic rings. The van der Waals surface area contributed by atoms with Crippen LogP contribution >= 0.6 is 0 Å². The number of rotatable bonds is 6. The maximum Gasteiger partial charge on any atom is 0.325 e. The molecule has 2 atom stereocenters. The molecule has 2 heterocycles. The summed E-state index contributed by atoms with van der Waals surface area (Å²) < 4.78 is 5.13. The Kier molecular flexibility index (Phi) is 5.36. The Morgan fingerprint density at radius 3 is 2.67 bits per heavy atom. The summed E-state index contributed by atoms with van der Waals surface area (Å²) in [5.41, 5.74) is -0.546. The van der Waals surface area contributed by atoms with Crippen LogP contribution in [0.15, 0.2) is 24.3 Å². The molecule has 2 fully saturated rings. The Hall–Kier alpha value is -2.61. The highest BCUT2D eigenvalue weighted by atomic mass is 16.5. The summed E-state index contributed by atoms with van der Waals surface area (Å²) in [6.45, 7) is 3.58. The maximum absolute atomic E-state index is 12.9. The molecule has 1 aromatic rings. The van der Waals surface area contributed by atoms with Crippen molar-refractivity contribution in [1.82, 2.24) is 20.4 Å². The number of hydrogen-bond donors (Lipinski definition) is 2. The number of amides is 4. The number of methoxy groups -OCH3 is 1. The largest absolute Gasteiger partial charge is 0.497 e. The number of carbonyl (C=O) groups excluding carboxylic acids is 3. The minimum absolute atomic E-state index is 0.198. The number of nitrogens with one attached hydrogen (secondary N) is 2. The Bertz CT molecular complexity index is 736. The zero-order chi connectivity index (χ0) is 19.6. The van der Waals surface area contributed by atoms with Crippen molar-refractivity contribution >= 4 is 17.8 Å². The summed E-state index contributed by atoms with van der Waals surface area (Å²) in [6.07, 6.45) is 0.927. The van der Waals surface area contributed by atoms with Crippen molar-refractivity contribution in [3.63, 3.8) is 0 Å². The fraction of sp³-hybridized carbons (Fsp3) is 0.526. The zero-order valence-electron chi connectivity index (χ0n) is 15.9. The van der Waals surface area contributed by atoms with Crippen molar-refractivity contribution in [2.75, 3.05) is 40.3 Å². The van der Waals surface area contributed by atoms with Crippen molar-refractivity contribution in [3.8, 4) is 5.75 Å². The van der Waals surface area contributed by atoms with E-state index in [9.17, 15) is 14.4 Å². The lowest BCUT2D eigenvalue weighted by Crippen LogP contribution is -2.44. The molecule has 8 heteroatoms. The van der Waals surface area contributed by atoms with Crippen LogP contribution in [0.1, 0.15) is 18.9 Å². The van der Waals surface area contributed by atoms with E-state index in [1.165, 1.54) is 0 Å². The van der Waals surface area contributed by atoms with Gasteiger partial charge in [0, 0.05) is 13.1 Å². The Labute approximate surface area is 158 Å². The molecule has 2 unspecified atom stereocenters. The number of likely N-dealkylation sites (tertiary alicyclic amines) is 1. The van der Waals surface area contributed by atoms with Crippen molar-refractivity contribution in [2.45, 2.75) is 18.9 Å². The van der Waals surface area contributed by atoms with Gasteiger partial charge in [-0.25, -0.2) is 4.79 Å². The Morgan fingerprint density at radius 1 is 1.33 bits per heavy atom. The molecule has 27 heavy (non-hydrogen) atoms. The molecule has 8 nitrogen and oxygen atoms in total. The fourth-order valence-electron chi connectivity index (χ4n) is 3.71. The predicted octanol–water partition coefficient (Wildman–Crippen LogP) is 0.530. The van der Waals surface area contributed by atoms with E-state index >= 15 is 0 Å². The second-order valence-electron chi connectivity index (χ2n) is 7.23. The summed E-state index contributed by atoms with van der Waals surface area (Å²) in [6, 6.07) is 6.41. The summed E-state index contributed by atoms with van der Waals surface area (Å²) in [4.78, 5) is 40.7. The highest BCUT2D eigenvalue weighted by molar-refractivity contribution is 6.09. The van der Waals surface area contributed by atoms with E-state index in [2.05, 4.69) is 10.6 Å². The lowest BCUT2D eigenvalue weighted by Gasteiger charge is -2.23. The molecule has 2 aliphatic heterocycles. The molecule has 146 valence electrons. The normalized spacial score (nSPS) is 25.1. The molecule has 2 N–H and O–H groups in total. The zero-order valence-corrected chi connectivity index (χ0v) is 15.9. The highest BCUT2D eigenvalue weighted by Crippen LogP contribution is 2.30. The van der Waals surface area contributed by atoms with E-state index < -0.39 is 17.5 Å². The van der Waals surface area contributed by atoms with Gasteiger partial charge >= 0.3 is 6.03 Å². The molecule has 0 saturated carbocycles. The number of urea groups is 1. The third-order valence-corrected chi connectivity index (χ3v) is 5.37. The molecule has 3 rings (SSSR count). The van der Waals surface area contributed by atoms with Crippen LogP contribution in [-0.2, 0) is 15.1 Å². The van der Waals surface area contributed by atoms with Crippen molar-refractivity contribution in [1.29, 1.82) is 0 Å². The molecular weight excluding hydrogens is 348 g/mol. The number of benzene rings is 1. The van der Waals surface area contributed by atoms with Gasteiger partial charge in [-0.3, -0.25) is 14.5 Å². The topological polar surface area (TPSA) is 91.0 Å². The lowest BCUT2D eigenvalue weighted by molar-refractivity contribution is -0.138. The van der Waals surface area contributed by atoms with Gasteiger partial charge in [0.2, 0.25) is 5.91 Å². The SMILES string of the molecule is CNCC1CCN(C(=O)CN2C(=O)NC(C)(c3ccc(OC)cc3)C2=O)C1. The van der Waals surface area contributed by atoms with E-state index in [1.807, 2.05) is 7.05 Å². The van der Waals surface area contributed by atoms with Crippen LogP contribution in [-0.4, -0.2) is 68.0 Å². The number of carbonyl (C=O) groups is 3. The number of nitrogens with zero attached hydrogens (tertiary/aromatic N) is 2. The van der Waals surface area contributed by atoms with Gasteiger partial charge in [0.1, 0.15) is 17.8 Å². The van der Waals surface area contributed by atoms with Crippen LogP contribution in [0.4, 0.5) is 4.79 Å². The first-order chi connectivity index (χ1) is 12.9. The monoisotopic (exact) mass is 374 g/mol. The summed E-state index contributed by atoms with van der Waals surface area (Å²) in [5, 5.41) is 5.84. The molecule has 2 saturated heterocycles. The van der Waals surface area contributed by atoms with Gasteiger partial charge in [0.15, 0.2) is 0 Å². The van der Waals surface area contributed by atoms with Crippen LogP contribution in [0.2, 0.25) is 0 Å². The Balaban J connectivity index is 1.69. The van der Waals surface area contributed by atoms with E-state index in [1.54, 1.807) is 43.2 Å². The minimum Gasteiger partial charge on any atom is -0.497 e. The first-order valence-electron chi connectivity index (χ1n) is 9.10. The van der Waals surface area contributed by atoms with Crippen molar-refractivity contribution < 1.29 is 19.1 Å². The fourth-order valence-corrected chi connectivity index (χ4v) is 3.71. The summed E-state index contributed by atoms with van der Waals surface area (Å²) in [5.74, 6) is 0.455. The van der Waals surface area contributed by atoms with Crippen molar-refractivity contribution in [3.05, 3.63) is 29.8 Å². The van der Waals surface area contributed by atoms with E-state index in [-0.39, 0.29) is 12.5 Å². The first-order valence-corrected chi connectivity index (χ1v) is 9.10. The molecule has 0 radical (unpaired) electrons. The molecule has 4 amide bonds. The molecule has 0 bridgehead atoms. The standard InChI is InChI=1S/C19H26N4O4/c1-19(14-4-6-15(27-3)7-5-14)17(25)23(18(26)21-19)12-16(24)22-9-8-13(11-22)10-20-2/h4-7,13,20H,8-12H2,1-3H3,(H,21,26). The Morgan fingerprint density at radius 2 is 2.04 bits per heavy atom. The van der Waals surface area contributed by atoms with E-state index in [0.717, 1.165) is 17.9 Å². The summed E-state index contributed by atoms with van der Waals surface area (Å²) >= 11 is 0. The highest BCUT2D eigenvalue weighted by Gasteiger charge is 2.49. The average molecular weight is 374 g/mol. The number of imide groups is 1. The number of ether oxygens (including phenoxy) is 1. The van der Waals surface area contributed by atoms with Gasteiger partial charge in [0.25, 0.3) is 5.91 Å². The second kappa shape index (κ2) is 7.56. The molecule has 0 spiro atoms. The van der Waals surface area contributed by atoms with Crippen LogP contribution in [0.5, 0.6) is 5.75 Å². The predicted molar refractivity (Wildman–Crippen MR) is 99.2 cm³/mol. The average Bonchev–Trinajstić information content (AvgIpc) is 3.21. The van der Waals surface area contributed by atoms with Gasteiger partial charge in [-0.15, -0.1) is 0 Å². The minimum atomic E-state index is -1.19. The summed E-state index contributed by atoms with van der Waals surface area (Å²) in [7, 11) is 3.45. The maximum atomic E-state index is 12.9. The smallest absolute Gasteiger partial charge is 0.325 e. The van der Waals surface area contributed by atoms with Gasteiger partial charge in [0.05, 0.1) is 7.11 Å². The van der Waals surface area contributed by atoms with Gasteiger partial charge in [-0.1, -0.05) is 12.1 Å². The van der Waals surface area contributed by atoms with Crippen LogP contribution < -0.4 is 15.4 Å². The third-order valence-electron chi connectivity index (χ3n) is 5.37. The van der Waals surface area contributed by atoms with Gasteiger partial charge in [-0.05, 0) is 50.6 Å². The quantitative estimate of drug-likeness (QED) is 0.709. The first kappa shape index (κ1) is 19.2. The van der Waals surface area contributed by atoms with Gasteiger partial charge in [-0.2, -0.15) is 0 Å². The van der Waals surface area contributed by atoms with Crippen LogP contribution in [0, 0.1) is 5.92 Å².